The van der Waals surface area contributed by atoms with Gasteiger partial charge in [-0.3, -0.25) is 0 Å². The molecule has 1 heterocycles. The maximum absolute atomic E-state index is 14.0. The van der Waals surface area contributed by atoms with E-state index < -0.39 is 5.97 Å². The highest BCUT2D eigenvalue weighted by molar-refractivity contribution is 5.90. The molecule has 0 aromatic heterocycles. The molecule has 3 aromatic carbocycles. The van der Waals surface area contributed by atoms with E-state index in [4.69, 9.17) is 18.9 Å². The Labute approximate surface area is 210 Å². The van der Waals surface area contributed by atoms with Gasteiger partial charge in [-0.1, -0.05) is 12.1 Å². The van der Waals surface area contributed by atoms with E-state index in [0.29, 0.717) is 22.8 Å². The molecule has 188 valence electrons. The third-order valence-corrected chi connectivity index (χ3v) is 6.15. The molecular weight excluding hydrogens is 461 g/mol. The predicted octanol–water partition coefficient (Wildman–Crippen LogP) is 6.48. The summed E-state index contributed by atoms with van der Waals surface area (Å²) in [4.78, 5) is 12.1. The molecule has 1 aliphatic rings. The Hall–Kier alpha value is -4.00. The number of anilines is 1. The molecule has 0 bridgehead atoms. The van der Waals surface area contributed by atoms with Crippen LogP contribution in [0, 0.1) is 5.82 Å². The Kier molecular flexibility index (Phi) is 6.93. The number of nitrogens with one attached hydrogen (secondary N) is 1. The molecule has 0 saturated heterocycles. The van der Waals surface area contributed by atoms with Gasteiger partial charge in [-0.25, -0.2) is 9.18 Å². The summed E-state index contributed by atoms with van der Waals surface area (Å²) in [6, 6.07) is 13.4. The minimum absolute atomic E-state index is 0.160. The van der Waals surface area contributed by atoms with Gasteiger partial charge in [-0.2, -0.15) is 0 Å². The lowest BCUT2D eigenvalue weighted by Crippen LogP contribution is -2.32. The van der Waals surface area contributed by atoms with Crippen LogP contribution in [-0.4, -0.2) is 32.8 Å². The van der Waals surface area contributed by atoms with Crippen molar-refractivity contribution in [3.8, 4) is 28.4 Å². The molecule has 0 radical (unpaired) electrons. The number of fused-ring (bicyclic) bond motifs is 1. The highest BCUT2D eigenvalue weighted by Crippen LogP contribution is 2.43. The minimum atomic E-state index is -0.471. The van der Waals surface area contributed by atoms with Crippen LogP contribution in [0.3, 0.4) is 0 Å². The molecule has 0 saturated carbocycles. The van der Waals surface area contributed by atoms with Crippen molar-refractivity contribution in [1.29, 1.82) is 0 Å². The van der Waals surface area contributed by atoms with E-state index in [-0.39, 0.29) is 18.0 Å². The fourth-order valence-corrected chi connectivity index (χ4v) is 4.67. The fourth-order valence-electron chi connectivity index (χ4n) is 4.67. The molecule has 0 spiro atoms. The number of methoxy groups -OCH3 is 3. The zero-order valence-corrected chi connectivity index (χ0v) is 21.3. The molecular formula is C29H30FNO5. The first kappa shape index (κ1) is 25.1. The van der Waals surface area contributed by atoms with E-state index in [1.807, 2.05) is 12.1 Å². The summed E-state index contributed by atoms with van der Waals surface area (Å²) >= 11 is 0. The maximum atomic E-state index is 14.0. The van der Waals surface area contributed by atoms with Crippen LogP contribution >= 0.6 is 0 Å². The largest absolute Gasteiger partial charge is 0.496 e. The van der Waals surface area contributed by atoms with Crippen molar-refractivity contribution < 1.29 is 28.1 Å². The van der Waals surface area contributed by atoms with Gasteiger partial charge in [0.2, 0.25) is 0 Å². The molecule has 4 rings (SSSR count). The Morgan fingerprint density at radius 2 is 1.64 bits per heavy atom. The fraction of sp³-hybridized carbons (Fsp3) is 0.276. The summed E-state index contributed by atoms with van der Waals surface area (Å²) in [5, 5.41) is 3.57. The molecule has 0 amide bonds. The monoisotopic (exact) mass is 491 g/mol. The van der Waals surface area contributed by atoms with Gasteiger partial charge in [0, 0.05) is 28.4 Å². The van der Waals surface area contributed by atoms with E-state index in [9.17, 15) is 9.18 Å². The number of rotatable bonds is 7. The van der Waals surface area contributed by atoms with Crippen molar-refractivity contribution in [3.63, 3.8) is 0 Å². The van der Waals surface area contributed by atoms with Gasteiger partial charge in [0.15, 0.2) is 11.5 Å². The first-order valence-electron chi connectivity index (χ1n) is 11.5. The first-order valence-corrected chi connectivity index (χ1v) is 11.5. The first-order chi connectivity index (χ1) is 17.2. The number of hydrogen-bond donors (Lipinski definition) is 1. The van der Waals surface area contributed by atoms with Crippen LogP contribution < -0.4 is 19.5 Å². The molecule has 1 aliphatic heterocycles. The number of allylic oxidation sites excluding steroid dienone is 1. The summed E-state index contributed by atoms with van der Waals surface area (Å²) in [6.07, 6.45) is 2.17. The van der Waals surface area contributed by atoms with E-state index in [2.05, 4.69) is 32.2 Å². The standard InChI is InChI=1S/C29H30FNO5/c1-17-15-29(2,3)31-23-11-10-20(21-9-8-19(30)14-25(21)34-5)22(27(17)23)16-36-26-13-18(28(32)35-6)7-12-24(26)33-4/h7-15,31H,16H2,1-6H3. The molecule has 6 nitrogen and oxygen atoms in total. The minimum Gasteiger partial charge on any atom is -0.496 e. The Morgan fingerprint density at radius 3 is 2.33 bits per heavy atom. The lowest BCUT2D eigenvalue weighted by molar-refractivity contribution is 0.0600. The summed E-state index contributed by atoms with van der Waals surface area (Å²) < 4.78 is 36.1. The van der Waals surface area contributed by atoms with Crippen molar-refractivity contribution >= 4 is 17.2 Å². The third-order valence-electron chi connectivity index (χ3n) is 6.15. The van der Waals surface area contributed by atoms with Crippen LogP contribution in [0.5, 0.6) is 17.2 Å². The summed E-state index contributed by atoms with van der Waals surface area (Å²) in [5.41, 5.74) is 5.67. The van der Waals surface area contributed by atoms with Gasteiger partial charge in [-0.15, -0.1) is 0 Å². The number of benzene rings is 3. The second-order valence-electron chi connectivity index (χ2n) is 9.18. The molecule has 0 atom stereocenters. The van der Waals surface area contributed by atoms with Crippen LogP contribution in [-0.2, 0) is 11.3 Å². The van der Waals surface area contributed by atoms with Gasteiger partial charge in [-0.05, 0) is 68.3 Å². The average Bonchev–Trinajstić information content (AvgIpc) is 2.85. The van der Waals surface area contributed by atoms with Crippen molar-refractivity contribution in [3.05, 3.63) is 77.1 Å². The average molecular weight is 492 g/mol. The van der Waals surface area contributed by atoms with E-state index in [1.165, 1.54) is 33.5 Å². The van der Waals surface area contributed by atoms with Crippen molar-refractivity contribution in [2.75, 3.05) is 26.6 Å². The van der Waals surface area contributed by atoms with Crippen molar-refractivity contribution in [2.45, 2.75) is 32.9 Å². The molecule has 0 unspecified atom stereocenters. The van der Waals surface area contributed by atoms with E-state index in [1.54, 1.807) is 24.3 Å². The van der Waals surface area contributed by atoms with E-state index in [0.717, 1.165) is 33.5 Å². The number of ether oxygens (including phenoxy) is 4. The summed E-state index contributed by atoms with van der Waals surface area (Å²) in [6.45, 7) is 6.44. The lowest BCUT2D eigenvalue weighted by atomic mass is 9.85. The number of hydrogen-bond acceptors (Lipinski definition) is 6. The quantitative estimate of drug-likeness (QED) is 0.382. The smallest absolute Gasteiger partial charge is 0.337 e. The van der Waals surface area contributed by atoms with Gasteiger partial charge >= 0.3 is 5.97 Å². The van der Waals surface area contributed by atoms with Crippen LogP contribution in [0.1, 0.15) is 42.3 Å². The second-order valence-corrected chi connectivity index (χ2v) is 9.18. The lowest BCUT2D eigenvalue weighted by Gasteiger charge is -2.33. The number of halogens is 1. The Morgan fingerprint density at radius 1 is 0.917 bits per heavy atom. The van der Waals surface area contributed by atoms with Crippen molar-refractivity contribution in [1.82, 2.24) is 0 Å². The van der Waals surface area contributed by atoms with Crippen molar-refractivity contribution in [2.24, 2.45) is 0 Å². The van der Waals surface area contributed by atoms with Crippen LogP contribution in [0.2, 0.25) is 0 Å². The Balaban J connectivity index is 1.86. The highest BCUT2D eigenvalue weighted by Gasteiger charge is 2.27. The Bertz CT molecular complexity index is 1350. The van der Waals surface area contributed by atoms with Gasteiger partial charge in [0.05, 0.1) is 32.4 Å². The van der Waals surface area contributed by atoms with Crippen LogP contribution in [0.15, 0.2) is 54.6 Å². The van der Waals surface area contributed by atoms with Gasteiger partial charge < -0.3 is 24.3 Å². The zero-order valence-electron chi connectivity index (χ0n) is 21.3. The third kappa shape index (κ3) is 4.87. The zero-order chi connectivity index (χ0) is 26.0. The molecule has 1 N–H and O–H groups in total. The van der Waals surface area contributed by atoms with Crippen LogP contribution in [0.25, 0.3) is 16.7 Å². The number of carbonyl (C=O) groups excluding carboxylic acids is 1. The summed E-state index contributed by atoms with van der Waals surface area (Å²) in [5.74, 6) is 0.463. The predicted molar refractivity (Wildman–Crippen MR) is 138 cm³/mol. The molecule has 0 aliphatic carbocycles. The van der Waals surface area contributed by atoms with Gasteiger partial charge in [0.25, 0.3) is 0 Å². The number of carbonyl (C=O) groups is 1. The SMILES string of the molecule is COC(=O)c1ccc(OC)c(OCc2c(-c3ccc(F)cc3OC)ccc3c2C(C)=CC(C)(C)N3)c1. The van der Waals surface area contributed by atoms with Crippen LogP contribution in [0.4, 0.5) is 10.1 Å². The van der Waals surface area contributed by atoms with E-state index >= 15 is 0 Å². The maximum Gasteiger partial charge on any atom is 0.337 e. The molecule has 36 heavy (non-hydrogen) atoms. The second kappa shape index (κ2) is 9.93. The summed E-state index contributed by atoms with van der Waals surface area (Å²) in [7, 11) is 4.39. The topological polar surface area (TPSA) is 66.0 Å². The normalized spacial score (nSPS) is 13.7. The highest BCUT2D eigenvalue weighted by atomic mass is 19.1. The number of esters is 1. The molecule has 7 heteroatoms. The van der Waals surface area contributed by atoms with Gasteiger partial charge in [0.1, 0.15) is 18.2 Å². The molecule has 0 fully saturated rings. The molecule has 3 aromatic rings.